The molecule has 0 amide bonds. The van der Waals surface area contributed by atoms with Crippen molar-refractivity contribution in [3.63, 3.8) is 0 Å². The maximum absolute atomic E-state index is 4.21. The summed E-state index contributed by atoms with van der Waals surface area (Å²) in [5.41, 5.74) is 2.73. The average Bonchev–Trinajstić information content (AvgIpc) is 3.02. The summed E-state index contributed by atoms with van der Waals surface area (Å²) >= 11 is 0. The minimum absolute atomic E-state index is 0.999. The highest BCUT2D eigenvalue weighted by molar-refractivity contribution is 5.85. The predicted molar refractivity (Wildman–Crippen MR) is 97.7 cm³/mol. The second-order valence-electron chi connectivity index (χ2n) is 6.69. The van der Waals surface area contributed by atoms with Crippen molar-refractivity contribution in [2.75, 3.05) is 26.2 Å². The summed E-state index contributed by atoms with van der Waals surface area (Å²) in [5, 5.41) is 2.72. The second kappa shape index (κ2) is 6.75. The summed E-state index contributed by atoms with van der Waals surface area (Å²) < 4.78 is 2.11. The summed E-state index contributed by atoms with van der Waals surface area (Å²) in [4.78, 5) is 9.31. The molecule has 2 aromatic carbocycles. The van der Waals surface area contributed by atoms with E-state index in [1.807, 2.05) is 12.5 Å². The molecular formula is C20H24N4. The fourth-order valence-corrected chi connectivity index (χ4v) is 3.54. The number of aryl methyl sites for hydroxylation is 1. The fraction of sp³-hybridized carbons (Fsp3) is 0.350. The van der Waals surface area contributed by atoms with Crippen molar-refractivity contribution in [3.8, 4) is 0 Å². The third kappa shape index (κ3) is 3.21. The van der Waals surface area contributed by atoms with E-state index in [2.05, 4.69) is 68.9 Å². The highest BCUT2D eigenvalue weighted by atomic mass is 15.3. The lowest BCUT2D eigenvalue weighted by Gasteiger charge is -2.34. The molecule has 1 fully saturated rings. The Bertz CT molecular complexity index is 810. The van der Waals surface area contributed by atoms with Crippen LogP contribution in [0.5, 0.6) is 0 Å². The second-order valence-corrected chi connectivity index (χ2v) is 6.69. The smallest absolute Gasteiger partial charge is 0.0945 e. The van der Waals surface area contributed by atoms with Crippen LogP contribution in [0.1, 0.15) is 11.3 Å². The summed E-state index contributed by atoms with van der Waals surface area (Å²) in [6.07, 6.45) is 3.86. The van der Waals surface area contributed by atoms with Crippen molar-refractivity contribution >= 4 is 10.8 Å². The van der Waals surface area contributed by atoms with Crippen molar-refractivity contribution in [1.82, 2.24) is 19.4 Å². The Kier molecular flexibility index (Phi) is 4.32. The highest BCUT2D eigenvalue weighted by Crippen LogP contribution is 2.20. The standard InChI is InChI=1S/C20H24N4/c1-22-16-21-13-19(22)15-24-11-9-23(10-12-24)14-18-7-4-6-17-5-2-3-8-20(17)18/h2-8,13,16H,9-12,14-15H2,1H3. The minimum Gasteiger partial charge on any atom is -0.337 e. The summed E-state index contributed by atoms with van der Waals surface area (Å²) in [5.74, 6) is 0. The van der Waals surface area contributed by atoms with Crippen molar-refractivity contribution in [1.29, 1.82) is 0 Å². The van der Waals surface area contributed by atoms with E-state index in [1.165, 1.54) is 22.0 Å². The summed E-state index contributed by atoms with van der Waals surface area (Å²) in [6.45, 7) is 6.54. The Balaban J connectivity index is 1.38. The van der Waals surface area contributed by atoms with Crippen molar-refractivity contribution in [2.45, 2.75) is 13.1 Å². The Hall–Kier alpha value is -2.17. The average molecular weight is 320 g/mol. The Morgan fingerprint density at radius 3 is 2.33 bits per heavy atom. The van der Waals surface area contributed by atoms with Crippen LogP contribution in [-0.4, -0.2) is 45.5 Å². The Morgan fingerprint density at radius 2 is 1.58 bits per heavy atom. The molecule has 2 heterocycles. The van der Waals surface area contributed by atoms with E-state index in [-0.39, 0.29) is 0 Å². The van der Waals surface area contributed by atoms with Gasteiger partial charge in [-0.2, -0.15) is 0 Å². The zero-order valence-corrected chi connectivity index (χ0v) is 14.2. The van der Waals surface area contributed by atoms with Crippen LogP contribution in [0.2, 0.25) is 0 Å². The molecule has 4 heteroatoms. The van der Waals surface area contributed by atoms with Crippen LogP contribution in [0.25, 0.3) is 10.8 Å². The molecule has 0 aliphatic carbocycles. The van der Waals surface area contributed by atoms with Crippen LogP contribution in [-0.2, 0) is 20.1 Å². The van der Waals surface area contributed by atoms with E-state index in [0.29, 0.717) is 0 Å². The van der Waals surface area contributed by atoms with E-state index < -0.39 is 0 Å². The monoisotopic (exact) mass is 320 g/mol. The Labute approximate surface area is 143 Å². The third-order valence-corrected chi connectivity index (χ3v) is 5.04. The number of hydrogen-bond donors (Lipinski definition) is 0. The van der Waals surface area contributed by atoms with Crippen LogP contribution in [0.4, 0.5) is 0 Å². The van der Waals surface area contributed by atoms with Gasteiger partial charge in [0, 0.05) is 52.5 Å². The zero-order valence-electron chi connectivity index (χ0n) is 14.2. The summed E-state index contributed by atoms with van der Waals surface area (Å²) in [6, 6.07) is 15.3. The van der Waals surface area contributed by atoms with Gasteiger partial charge in [-0.25, -0.2) is 4.98 Å². The Morgan fingerprint density at radius 1 is 0.875 bits per heavy atom. The van der Waals surface area contributed by atoms with Gasteiger partial charge in [0.25, 0.3) is 0 Å². The number of imidazole rings is 1. The lowest BCUT2D eigenvalue weighted by atomic mass is 10.0. The van der Waals surface area contributed by atoms with Gasteiger partial charge in [-0.05, 0) is 16.3 Å². The molecule has 24 heavy (non-hydrogen) atoms. The lowest BCUT2D eigenvalue weighted by Crippen LogP contribution is -2.45. The molecule has 4 nitrogen and oxygen atoms in total. The number of nitrogens with zero attached hydrogens (tertiary/aromatic N) is 4. The molecule has 0 spiro atoms. The molecule has 0 atom stereocenters. The quantitative estimate of drug-likeness (QED) is 0.739. The van der Waals surface area contributed by atoms with Crippen molar-refractivity contribution < 1.29 is 0 Å². The highest BCUT2D eigenvalue weighted by Gasteiger charge is 2.18. The van der Waals surface area contributed by atoms with Gasteiger partial charge >= 0.3 is 0 Å². The number of piperazine rings is 1. The van der Waals surface area contributed by atoms with Crippen molar-refractivity contribution in [3.05, 3.63) is 66.2 Å². The van der Waals surface area contributed by atoms with Gasteiger partial charge in [-0.3, -0.25) is 9.80 Å². The van der Waals surface area contributed by atoms with E-state index >= 15 is 0 Å². The van der Waals surface area contributed by atoms with Crippen LogP contribution >= 0.6 is 0 Å². The van der Waals surface area contributed by atoms with Gasteiger partial charge in [0.2, 0.25) is 0 Å². The maximum atomic E-state index is 4.21. The first-order valence-electron chi connectivity index (χ1n) is 8.66. The maximum Gasteiger partial charge on any atom is 0.0945 e. The van der Waals surface area contributed by atoms with Crippen LogP contribution in [0.15, 0.2) is 55.0 Å². The summed E-state index contributed by atoms with van der Waals surface area (Å²) in [7, 11) is 2.07. The topological polar surface area (TPSA) is 24.3 Å². The fourth-order valence-electron chi connectivity index (χ4n) is 3.54. The molecule has 0 unspecified atom stereocenters. The van der Waals surface area contributed by atoms with E-state index in [4.69, 9.17) is 0 Å². The first-order valence-corrected chi connectivity index (χ1v) is 8.66. The SMILES string of the molecule is Cn1cncc1CN1CCN(Cc2cccc3ccccc23)CC1. The van der Waals surface area contributed by atoms with E-state index in [0.717, 1.165) is 39.3 Å². The van der Waals surface area contributed by atoms with Crippen LogP contribution < -0.4 is 0 Å². The molecular weight excluding hydrogens is 296 g/mol. The largest absolute Gasteiger partial charge is 0.337 e. The van der Waals surface area contributed by atoms with Crippen LogP contribution in [0.3, 0.4) is 0 Å². The van der Waals surface area contributed by atoms with Gasteiger partial charge in [-0.15, -0.1) is 0 Å². The normalized spacial score (nSPS) is 16.7. The number of fused-ring (bicyclic) bond motifs is 1. The number of rotatable bonds is 4. The number of aromatic nitrogens is 2. The molecule has 3 aromatic rings. The molecule has 1 saturated heterocycles. The van der Waals surface area contributed by atoms with Gasteiger partial charge in [-0.1, -0.05) is 42.5 Å². The van der Waals surface area contributed by atoms with E-state index in [1.54, 1.807) is 0 Å². The lowest BCUT2D eigenvalue weighted by molar-refractivity contribution is 0.120. The zero-order chi connectivity index (χ0) is 16.4. The molecule has 0 N–H and O–H groups in total. The molecule has 0 radical (unpaired) electrons. The first-order chi connectivity index (χ1) is 11.8. The molecule has 124 valence electrons. The van der Waals surface area contributed by atoms with E-state index in [9.17, 15) is 0 Å². The molecule has 4 rings (SSSR count). The minimum atomic E-state index is 0.999. The molecule has 1 aromatic heterocycles. The van der Waals surface area contributed by atoms with Crippen LogP contribution in [0, 0.1) is 0 Å². The van der Waals surface area contributed by atoms with Gasteiger partial charge in [0.1, 0.15) is 0 Å². The predicted octanol–water partition coefficient (Wildman–Crippen LogP) is 2.89. The van der Waals surface area contributed by atoms with Gasteiger partial charge < -0.3 is 4.57 Å². The molecule has 0 saturated carbocycles. The first kappa shape index (κ1) is 15.4. The van der Waals surface area contributed by atoms with Crippen molar-refractivity contribution in [2.24, 2.45) is 7.05 Å². The molecule has 1 aliphatic rings. The van der Waals surface area contributed by atoms with Gasteiger partial charge in [0.05, 0.1) is 12.0 Å². The van der Waals surface area contributed by atoms with Gasteiger partial charge in [0.15, 0.2) is 0 Å². The third-order valence-electron chi connectivity index (χ3n) is 5.04. The number of benzene rings is 2. The number of hydrogen-bond acceptors (Lipinski definition) is 3. The molecule has 0 bridgehead atoms. The molecule has 1 aliphatic heterocycles.